The van der Waals surface area contributed by atoms with E-state index < -0.39 is 0 Å². The first kappa shape index (κ1) is 9.46. The molecule has 0 aromatic carbocycles. The molecule has 3 heteroatoms. The minimum Gasteiger partial charge on any atom is -0.465 e. The molecule has 0 spiro atoms. The van der Waals surface area contributed by atoms with Gasteiger partial charge in [-0.2, -0.15) is 0 Å². The average molecular weight is 193 g/mol. The Morgan fingerprint density at radius 2 is 2.14 bits per heavy atom. The van der Waals surface area contributed by atoms with Gasteiger partial charge in [-0.15, -0.1) is 0 Å². The first-order valence-corrected chi connectivity index (χ1v) is 5.08. The van der Waals surface area contributed by atoms with E-state index in [9.17, 15) is 4.79 Å². The van der Waals surface area contributed by atoms with Crippen LogP contribution < -0.4 is 5.73 Å². The van der Waals surface area contributed by atoms with Gasteiger partial charge in [0.25, 0.3) is 0 Å². The van der Waals surface area contributed by atoms with Gasteiger partial charge in [-0.05, 0) is 26.2 Å². The number of furan rings is 1. The quantitative estimate of drug-likeness (QED) is 0.726. The number of hydrogen-bond acceptors (Lipinski definition) is 3. The van der Waals surface area contributed by atoms with Gasteiger partial charge in [-0.25, -0.2) is 0 Å². The third-order valence-corrected chi connectivity index (χ3v) is 2.81. The minimum absolute atomic E-state index is 0.00870. The third kappa shape index (κ3) is 1.38. The van der Waals surface area contributed by atoms with Crippen LogP contribution in [-0.4, -0.2) is 12.3 Å². The van der Waals surface area contributed by atoms with Crippen LogP contribution in [0.1, 0.15) is 40.3 Å². The van der Waals surface area contributed by atoms with Crippen molar-refractivity contribution in [2.45, 2.75) is 32.6 Å². The number of carbonyl (C=O) groups excluding carboxylic acids is 1. The van der Waals surface area contributed by atoms with E-state index in [0.29, 0.717) is 0 Å². The lowest BCUT2D eigenvalue weighted by Gasteiger charge is -2.09. The second-order valence-corrected chi connectivity index (χ2v) is 3.77. The molecule has 0 radical (unpaired) electrons. The largest absolute Gasteiger partial charge is 0.465 e. The molecule has 1 aliphatic carbocycles. The number of aryl methyl sites for hydroxylation is 2. The van der Waals surface area contributed by atoms with Gasteiger partial charge in [0.2, 0.25) is 0 Å². The smallest absolute Gasteiger partial charge is 0.180 e. The molecule has 1 aromatic rings. The Hall–Kier alpha value is -1.09. The normalized spacial score (nSPS) is 15.3. The number of carbonyl (C=O) groups is 1. The van der Waals surface area contributed by atoms with E-state index in [2.05, 4.69) is 0 Å². The van der Waals surface area contributed by atoms with Gasteiger partial charge < -0.3 is 10.2 Å². The van der Waals surface area contributed by atoms with E-state index in [-0.39, 0.29) is 12.3 Å². The highest BCUT2D eigenvalue weighted by Crippen LogP contribution is 2.29. The molecular weight excluding hydrogens is 178 g/mol. The number of rotatable bonds is 2. The molecule has 2 rings (SSSR count). The molecule has 0 amide bonds. The number of ketones is 1. The Labute approximate surface area is 83.3 Å². The van der Waals surface area contributed by atoms with Crippen molar-refractivity contribution in [1.29, 1.82) is 0 Å². The van der Waals surface area contributed by atoms with E-state index in [4.69, 9.17) is 10.2 Å². The SMILES string of the molecule is Cc1oc2c(c1C(=O)CN)CCCC2. The van der Waals surface area contributed by atoms with Crippen molar-refractivity contribution in [3.05, 3.63) is 22.6 Å². The van der Waals surface area contributed by atoms with Crippen molar-refractivity contribution in [3.63, 3.8) is 0 Å². The summed E-state index contributed by atoms with van der Waals surface area (Å²) in [6, 6.07) is 0. The van der Waals surface area contributed by atoms with Crippen molar-refractivity contribution >= 4 is 5.78 Å². The number of Topliss-reactive ketones (excluding diaryl/α,β-unsaturated/α-hetero) is 1. The lowest BCUT2D eigenvalue weighted by molar-refractivity contribution is 0.0999. The highest BCUT2D eigenvalue weighted by atomic mass is 16.3. The Kier molecular flexibility index (Phi) is 2.42. The summed E-state index contributed by atoms with van der Waals surface area (Å²) in [5, 5.41) is 0. The predicted octanol–water partition coefficient (Wildman–Crippen LogP) is 1.61. The van der Waals surface area contributed by atoms with Crippen LogP contribution in [-0.2, 0) is 12.8 Å². The lowest BCUT2D eigenvalue weighted by Crippen LogP contribution is -2.16. The molecule has 14 heavy (non-hydrogen) atoms. The predicted molar refractivity (Wildman–Crippen MR) is 53.5 cm³/mol. The first-order valence-electron chi connectivity index (χ1n) is 5.08. The second kappa shape index (κ2) is 3.58. The number of nitrogens with two attached hydrogens (primary N) is 1. The fourth-order valence-corrected chi connectivity index (χ4v) is 2.17. The maximum Gasteiger partial charge on any atom is 0.180 e. The summed E-state index contributed by atoms with van der Waals surface area (Å²) in [6.45, 7) is 1.92. The molecule has 0 saturated carbocycles. The lowest BCUT2D eigenvalue weighted by atomic mass is 9.93. The number of fused-ring (bicyclic) bond motifs is 1. The average Bonchev–Trinajstić information content (AvgIpc) is 2.53. The summed E-state index contributed by atoms with van der Waals surface area (Å²) in [6.07, 6.45) is 4.24. The van der Waals surface area contributed by atoms with Crippen LogP contribution in [0.2, 0.25) is 0 Å². The molecular formula is C11H15NO2. The molecule has 1 aromatic heterocycles. The third-order valence-electron chi connectivity index (χ3n) is 2.81. The highest BCUT2D eigenvalue weighted by Gasteiger charge is 2.23. The zero-order valence-corrected chi connectivity index (χ0v) is 8.43. The van der Waals surface area contributed by atoms with E-state index >= 15 is 0 Å². The highest BCUT2D eigenvalue weighted by molar-refractivity contribution is 6.00. The van der Waals surface area contributed by atoms with Gasteiger partial charge in [-0.3, -0.25) is 4.79 Å². The van der Waals surface area contributed by atoms with Crippen LogP contribution in [0.15, 0.2) is 4.42 Å². The van der Waals surface area contributed by atoms with Crippen LogP contribution in [0.3, 0.4) is 0 Å². The molecule has 0 atom stereocenters. The van der Waals surface area contributed by atoms with Crippen LogP contribution in [0.4, 0.5) is 0 Å². The van der Waals surface area contributed by atoms with Crippen molar-refractivity contribution in [1.82, 2.24) is 0 Å². The zero-order chi connectivity index (χ0) is 10.1. The fourth-order valence-electron chi connectivity index (χ4n) is 2.17. The van der Waals surface area contributed by atoms with Gasteiger partial charge in [0, 0.05) is 12.0 Å². The maximum atomic E-state index is 11.6. The molecule has 76 valence electrons. The van der Waals surface area contributed by atoms with Gasteiger partial charge in [0.05, 0.1) is 12.1 Å². The van der Waals surface area contributed by atoms with Crippen molar-refractivity contribution < 1.29 is 9.21 Å². The molecule has 2 N–H and O–H groups in total. The zero-order valence-electron chi connectivity index (χ0n) is 8.43. The van der Waals surface area contributed by atoms with E-state index in [1.54, 1.807) is 0 Å². The molecule has 3 nitrogen and oxygen atoms in total. The Balaban J connectivity index is 2.47. The van der Waals surface area contributed by atoms with Gasteiger partial charge in [0.1, 0.15) is 11.5 Å². The minimum atomic E-state index is 0.00870. The molecule has 0 fully saturated rings. The summed E-state index contributed by atoms with van der Waals surface area (Å²) in [4.78, 5) is 11.6. The van der Waals surface area contributed by atoms with Crippen molar-refractivity contribution in [2.75, 3.05) is 6.54 Å². The summed E-state index contributed by atoms with van der Waals surface area (Å²) >= 11 is 0. The molecule has 0 bridgehead atoms. The maximum absolute atomic E-state index is 11.6. The standard InChI is InChI=1S/C11H15NO2/c1-7-11(9(13)6-12)8-4-2-3-5-10(8)14-7/h2-6,12H2,1H3. The van der Waals surface area contributed by atoms with E-state index in [1.165, 1.54) is 0 Å². The monoisotopic (exact) mass is 193 g/mol. The van der Waals surface area contributed by atoms with Gasteiger partial charge in [-0.1, -0.05) is 0 Å². The Bertz CT molecular complexity index is 366. The molecule has 0 unspecified atom stereocenters. The molecule has 0 saturated heterocycles. The van der Waals surface area contributed by atoms with Crippen LogP contribution in [0, 0.1) is 6.92 Å². The van der Waals surface area contributed by atoms with Crippen LogP contribution in [0.25, 0.3) is 0 Å². The van der Waals surface area contributed by atoms with E-state index in [1.807, 2.05) is 6.92 Å². The molecule has 1 aliphatic rings. The topological polar surface area (TPSA) is 56.2 Å². The summed E-state index contributed by atoms with van der Waals surface area (Å²) in [7, 11) is 0. The Morgan fingerprint density at radius 3 is 2.86 bits per heavy atom. The summed E-state index contributed by atoms with van der Waals surface area (Å²) in [5.74, 6) is 1.76. The van der Waals surface area contributed by atoms with Gasteiger partial charge >= 0.3 is 0 Å². The van der Waals surface area contributed by atoms with Crippen molar-refractivity contribution in [2.24, 2.45) is 5.73 Å². The van der Waals surface area contributed by atoms with Crippen LogP contribution in [0.5, 0.6) is 0 Å². The van der Waals surface area contributed by atoms with Crippen molar-refractivity contribution in [3.8, 4) is 0 Å². The first-order chi connectivity index (χ1) is 6.74. The molecule has 0 aliphatic heterocycles. The van der Waals surface area contributed by atoms with Crippen LogP contribution >= 0.6 is 0 Å². The second-order valence-electron chi connectivity index (χ2n) is 3.77. The summed E-state index contributed by atoms with van der Waals surface area (Å²) < 4.78 is 5.58. The fraction of sp³-hybridized carbons (Fsp3) is 0.545. The Morgan fingerprint density at radius 1 is 1.43 bits per heavy atom. The summed E-state index contributed by atoms with van der Waals surface area (Å²) in [5.41, 5.74) is 7.24. The number of hydrogen-bond donors (Lipinski definition) is 1. The van der Waals surface area contributed by atoms with E-state index in [0.717, 1.165) is 48.3 Å². The van der Waals surface area contributed by atoms with Gasteiger partial charge in [0.15, 0.2) is 5.78 Å². The molecule has 1 heterocycles.